The third-order valence-electron chi connectivity index (χ3n) is 4.71. The van der Waals surface area contributed by atoms with Gasteiger partial charge in [0, 0.05) is 15.6 Å². The Balaban J connectivity index is 1.65. The molecular weight excluding hydrogens is 431 g/mol. The molecule has 3 rings (SSSR count). The number of benzene rings is 3. The van der Waals surface area contributed by atoms with E-state index in [-0.39, 0.29) is 11.2 Å². The minimum absolute atomic E-state index is 0.0120. The maximum absolute atomic E-state index is 12.4. The van der Waals surface area contributed by atoms with E-state index >= 15 is 0 Å². The maximum atomic E-state index is 12.4. The van der Waals surface area contributed by atoms with Crippen LogP contribution < -0.4 is 4.74 Å². The Bertz CT molecular complexity index is 1120. The largest absolute Gasteiger partial charge is 0.423 e. The first kappa shape index (κ1) is 22.8. The van der Waals surface area contributed by atoms with E-state index in [9.17, 15) is 9.59 Å². The zero-order chi connectivity index (χ0) is 22.6. The topological polar surface area (TPSA) is 43.4 Å². The van der Waals surface area contributed by atoms with Crippen molar-refractivity contribution in [2.75, 3.05) is 0 Å². The van der Waals surface area contributed by atoms with Crippen LogP contribution in [0.15, 0.2) is 72.8 Å². The minimum Gasteiger partial charge on any atom is -0.423 e. The Morgan fingerprint density at radius 1 is 0.839 bits per heavy atom. The molecule has 0 spiro atoms. The highest BCUT2D eigenvalue weighted by Crippen LogP contribution is 2.24. The van der Waals surface area contributed by atoms with E-state index in [2.05, 4.69) is 20.8 Å². The lowest BCUT2D eigenvalue weighted by molar-refractivity contribution is 0.0734. The molecule has 158 valence electrons. The SMILES string of the molecule is CC(C)(C)c1ccc(C(=O)Oc2ccc(C(=O)/C=C/c3ccc(Cl)cc3Cl)cc2)cc1. The normalized spacial score (nSPS) is 11.5. The first-order chi connectivity index (χ1) is 14.6. The van der Waals surface area contributed by atoms with Crippen molar-refractivity contribution in [1.82, 2.24) is 0 Å². The van der Waals surface area contributed by atoms with Gasteiger partial charge in [0.05, 0.1) is 5.56 Å². The van der Waals surface area contributed by atoms with Crippen LogP contribution >= 0.6 is 23.2 Å². The number of hydrogen-bond donors (Lipinski definition) is 0. The highest BCUT2D eigenvalue weighted by molar-refractivity contribution is 6.35. The summed E-state index contributed by atoms with van der Waals surface area (Å²) >= 11 is 12.0. The second-order valence-electron chi connectivity index (χ2n) is 8.10. The smallest absolute Gasteiger partial charge is 0.343 e. The molecule has 31 heavy (non-hydrogen) atoms. The molecule has 0 unspecified atom stereocenters. The van der Waals surface area contributed by atoms with Crippen LogP contribution in [-0.2, 0) is 5.41 Å². The summed E-state index contributed by atoms with van der Waals surface area (Å²) in [5.74, 6) is -0.273. The van der Waals surface area contributed by atoms with Crippen molar-refractivity contribution in [1.29, 1.82) is 0 Å². The van der Waals surface area contributed by atoms with E-state index in [0.29, 0.717) is 32.5 Å². The van der Waals surface area contributed by atoms with Gasteiger partial charge in [-0.3, -0.25) is 4.79 Å². The van der Waals surface area contributed by atoms with E-state index < -0.39 is 5.97 Å². The third kappa shape index (κ3) is 6.06. The summed E-state index contributed by atoms with van der Waals surface area (Å²) in [6, 6.07) is 18.9. The first-order valence-corrected chi connectivity index (χ1v) is 10.5. The molecule has 0 bridgehead atoms. The maximum Gasteiger partial charge on any atom is 0.343 e. The van der Waals surface area contributed by atoms with E-state index in [1.54, 1.807) is 60.7 Å². The van der Waals surface area contributed by atoms with Crippen LogP contribution in [0, 0.1) is 0 Å². The molecule has 0 amide bonds. The van der Waals surface area contributed by atoms with Crippen molar-refractivity contribution >= 4 is 41.0 Å². The monoisotopic (exact) mass is 452 g/mol. The number of ketones is 1. The fraction of sp³-hybridized carbons (Fsp3) is 0.154. The highest BCUT2D eigenvalue weighted by Gasteiger charge is 2.15. The van der Waals surface area contributed by atoms with Crippen LogP contribution in [0.25, 0.3) is 6.08 Å². The zero-order valence-corrected chi connectivity index (χ0v) is 19.0. The molecule has 3 aromatic carbocycles. The van der Waals surface area contributed by atoms with E-state index in [0.717, 1.165) is 5.56 Å². The van der Waals surface area contributed by atoms with Crippen LogP contribution in [0.5, 0.6) is 5.75 Å². The Hall–Kier alpha value is -2.88. The molecular formula is C26H22Cl2O3. The van der Waals surface area contributed by atoms with Crippen molar-refractivity contribution in [2.45, 2.75) is 26.2 Å². The lowest BCUT2D eigenvalue weighted by atomic mass is 9.87. The van der Waals surface area contributed by atoms with Crippen molar-refractivity contribution < 1.29 is 14.3 Å². The molecule has 0 aliphatic rings. The van der Waals surface area contributed by atoms with Crippen LogP contribution in [0.3, 0.4) is 0 Å². The summed E-state index contributed by atoms with van der Waals surface area (Å²) in [6.45, 7) is 6.34. The van der Waals surface area contributed by atoms with E-state index in [1.165, 1.54) is 6.08 Å². The van der Waals surface area contributed by atoms with Gasteiger partial charge in [0.2, 0.25) is 0 Å². The molecule has 5 heteroatoms. The molecule has 0 aromatic heterocycles. The molecule has 0 fully saturated rings. The number of esters is 1. The van der Waals surface area contributed by atoms with Gasteiger partial charge in [0.25, 0.3) is 0 Å². The Labute approximate surface area is 192 Å². The summed E-state index contributed by atoms with van der Waals surface area (Å²) in [5.41, 5.74) is 2.78. The quantitative estimate of drug-likeness (QED) is 0.175. The first-order valence-electron chi connectivity index (χ1n) is 9.74. The van der Waals surface area contributed by atoms with Crippen LogP contribution in [0.1, 0.15) is 52.6 Å². The van der Waals surface area contributed by atoms with Crippen molar-refractivity contribution in [2.24, 2.45) is 0 Å². The minimum atomic E-state index is -0.447. The number of hydrogen-bond acceptors (Lipinski definition) is 3. The van der Waals surface area contributed by atoms with Gasteiger partial charge in [0.15, 0.2) is 5.78 Å². The van der Waals surface area contributed by atoms with Crippen LogP contribution in [-0.4, -0.2) is 11.8 Å². The van der Waals surface area contributed by atoms with E-state index in [1.807, 2.05) is 12.1 Å². The molecule has 3 aromatic rings. The van der Waals surface area contributed by atoms with Crippen LogP contribution in [0.4, 0.5) is 0 Å². The summed E-state index contributed by atoms with van der Waals surface area (Å²) in [5, 5.41) is 0.998. The lowest BCUT2D eigenvalue weighted by Gasteiger charge is -2.18. The fourth-order valence-electron chi connectivity index (χ4n) is 2.86. The summed E-state index contributed by atoms with van der Waals surface area (Å²) < 4.78 is 5.42. The number of rotatable bonds is 5. The fourth-order valence-corrected chi connectivity index (χ4v) is 3.33. The summed E-state index contributed by atoms with van der Waals surface area (Å²) in [7, 11) is 0. The molecule has 0 atom stereocenters. The Morgan fingerprint density at radius 3 is 2.03 bits per heavy atom. The molecule has 0 N–H and O–H groups in total. The highest BCUT2D eigenvalue weighted by atomic mass is 35.5. The van der Waals surface area contributed by atoms with Crippen molar-refractivity contribution in [3.8, 4) is 5.75 Å². The molecule has 0 saturated carbocycles. The molecule has 3 nitrogen and oxygen atoms in total. The van der Waals surface area contributed by atoms with Crippen LogP contribution in [0.2, 0.25) is 10.0 Å². The standard InChI is InChI=1S/C26H22Cl2O3/c1-26(2,3)20-10-4-19(5-11-20)25(30)31-22-13-7-18(8-14-22)24(29)15-9-17-6-12-21(27)16-23(17)28/h4-16H,1-3H3/b15-9+. The van der Waals surface area contributed by atoms with Gasteiger partial charge in [-0.25, -0.2) is 4.79 Å². The van der Waals surface area contributed by atoms with E-state index in [4.69, 9.17) is 27.9 Å². The Morgan fingerprint density at radius 2 is 1.45 bits per heavy atom. The molecule has 0 aliphatic heterocycles. The second-order valence-corrected chi connectivity index (χ2v) is 8.95. The van der Waals surface area contributed by atoms with Gasteiger partial charge >= 0.3 is 5.97 Å². The predicted molar refractivity (Wildman–Crippen MR) is 126 cm³/mol. The van der Waals surface area contributed by atoms with Gasteiger partial charge in [0.1, 0.15) is 5.75 Å². The molecule has 0 heterocycles. The second kappa shape index (κ2) is 9.51. The molecule has 0 radical (unpaired) electrons. The average Bonchev–Trinajstić information content (AvgIpc) is 2.73. The predicted octanol–water partition coefficient (Wildman–Crippen LogP) is 7.41. The zero-order valence-electron chi connectivity index (χ0n) is 17.5. The third-order valence-corrected chi connectivity index (χ3v) is 5.28. The summed E-state index contributed by atoms with van der Waals surface area (Å²) in [6.07, 6.45) is 3.07. The average molecular weight is 453 g/mol. The number of carbonyl (C=O) groups excluding carboxylic acids is 2. The van der Waals surface area contributed by atoms with Gasteiger partial charge in [-0.2, -0.15) is 0 Å². The van der Waals surface area contributed by atoms with Gasteiger partial charge < -0.3 is 4.74 Å². The lowest BCUT2D eigenvalue weighted by Crippen LogP contribution is -2.13. The van der Waals surface area contributed by atoms with Gasteiger partial charge in [-0.15, -0.1) is 0 Å². The van der Waals surface area contributed by atoms with Crippen molar-refractivity contribution in [3.63, 3.8) is 0 Å². The number of carbonyl (C=O) groups is 2. The van der Waals surface area contributed by atoms with Gasteiger partial charge in [-0.05, 0) is 77.2 Å². The number of allylic oxidation sites excluding steroid dienone is 1. The number of halogens is 2. The summed E-state index contributed by atoms with van der Waals surface area (Å²) in [4.78, 5) is 24.8. The molecule has 0 saturated heterocycles. The number of ether oxygens (including phenoxy) is 1. The Kier molecular flexibility index (Phi) is 6.99. The van der Waals surface area contributed by atoms with Gasteiger partial charge in [-0.1, -0.05) is 62.2 Å². The molecule has 0 aliphatic carbocycles. The van der Waals surface area contributed by atoms with Crippen molar-refractivity contribution in [3.05, 3.63) is 105 Å².